The molecule has 126 valence electrons. The number of carbonyl (C=O) groups excluding carboxylic acids is 1. The molecule has 0 unspecified atom stereocenters. The van der Waals surface area contributed by atoms with Gasteiger partial charge in [0, 0.05) is 23.4 Å². The van der Waals surface area contributed by atoms with Gasteiger partial charge in [-0.3, -0.25) is 4.79 Å². The lowest BCUT2D eigenvalue weighted by atomic mass is 9.86. The van der Waals surface area contributed by atoms with E-state index in [-0.39, 0.29) is 5.92 Å². The SMILES string of the molecule is Cc1ccccc1[C@@H]1CN(C(=O)/C=C/C(F)F)Cc2sc(Cl)cc21. The first-order valence-corrected chi connectivity index (χ1v) is 8.74. The summed E-state index contributed by atoms with van der Waals surface area (Å²) >= 11 is 7.61. The number of nitrogens with zero attached hydrogens (tertiary/aromatic N) is 1. The summed E-state index contributed by atoms with van der Waals surface area (Å²) < 4.78 is 25.3. The Balaban J connectivity index is 1.96. The van der Waals surface area contributed by atoms with Gasteiger partial charge in [0.25, 0.3) is 6.43 Å². The number of aryl methyl sites for hydroxylation is 1. The first-order chi connectivity index (χ1) is 11.5. The molecule has 1 aliphatic rings. The Morgan fingerprint density at radius 1 is 1.38 bits per heavy atom. The molecule has 1 aromatic heterocycles. The van der Waals surface area contributed by atoms with E-state index in [0.717, 1.165) is 27.6 Å². The van der Waals surface area contributed by atoms with Crippen molar-refractivity contribution in [1.82, 2.24) is 4.90 Å². The lowest BCUT2D eigenvalue weighted by Crippen LogP contribution is -2.37. The number of allylic oxidation sites excluding steroid dienone is 1. The van der Waals surface area contributed by atoms with Gasteiger partial charge in [-0.15, -0.1) is 11.3 Å². The lowest BCUT2D eigenvalue weighted by Gasteiger charge is -2.33. The Morgan fingerprint density at radius 2 is 2.12 bits per heavy atom. The molecule has 6 heteroatoms. The highest BCUT2D eigenvalue weighted by atomic mass is 35.5. The minimum atomic E-state index is -2.63. The third-order valence-electron chi connectivity index (χ3n) is 4.18. The van der Waals surface area contributed by atoms with Crippen molar-refractivity contribution in [3.05, 3.63) is 68.4 Å². The molecule has 1 aromatic carbocycles. The fourth-order valence-electron chi connectivity index (χ4n) is 3.06. The van der Waals surface area contributed by atoms with E-state index in [9.17, 15) is 13.6 Å². The largest absolute Gasteiger partial charge is 0.333 e. The van der Waals surface area contributed by atoms with Crippen LogP contribution in [0, 0.1) is 6.92 Å². The maximum absolute atomic E-state index is 12.3. The van der Waals surface area contributed by atoms with E-state index in [2.05, 4.69) is 0 Å². The second-order valence-corrected chi connectivity index (χ2v) is 7.52. The van der Waals surface area contributed by atoms with Crippen LogP contribution in [0.1, 0.15) is 27.5 Å². The van der Waals surface area contributed by atoms with E-state index in [1.165, 1.54) is 11.3 Å². The molecule has 1 amide bonds. The number of hydrogen-bond donors (Lipinski definition) is 0. The van der Waals surface area contributed by atoms with Crippen molar-refractivity contribution in [2.24, 2.45) is 0 Å². The van der Waals surface area contributed by atoms with Crippen LogP contribution in [0.15, 0.2) is 42.5 Å². The lowest BCUT2D eigenvalue weighted by molar-refractivity contribution is -0.127. The molecule has 3 rings (SSSR count). The third-order valence-corrected chi connectivity index (χ3v) is 5.45. The fraction of sp³-hybridized carbons (Fsp3) is 0.278. The molecule has 0 bridgehead atoms. The van der Waals surface area contributed by atoms with E-state index in [1.807, 2.05) is 37.3 Å². The molecule has 0 aliphatic carbocycles. The van der Waals surface area contributed by atoms with Crippen molar-refractivity contribution < 1.29 is 13.6 Å². The number of benzene rings is 1. The Kier molecular flexibility index (Phi) is 5.01. The zero-order valence-corrected chi connectivity index (χ0v) is 14.6. The number of halogens is 3. The summed E-state index contributed by atoms with van der Waals surface area (Å²) in [6, 6.07) is 9.96. The Morgan fingerprint density at radius 3 is 2.83 bits per heavy atom. The first-order valence-electron chi connectivity index (χ1n) is 7.54. The van der Waals surface area contributed by atoms with Crippen LogP contribution in [0.5, 0.6) is 0 Å². The van der Waals surface area contributed by atoms with Crippen LogP contribution in [0.4, 0.5) is 8.78 Å². The zero-order chi connectivity index (χ0) is 17.3. The molecule has 0 saturated carbocycles. The number of carbonyl (C=O) groups is 1. The molecule has 1 aliphatic heterocycles. The van der Waals surface area contributed by atoms with Crippen molar-refractivity contribution in [3.63, 3.8) is 0 Å². The van der Waals surface area contributed by atoms with Crippen molar-refractivity contribution >= 4 is 28.8 Å². The molecule has 2 heterocycles. The highest BCUT2D eigenvalue weighted by Crippen LogP contribution is 2.40. The first kappa shape index (κ1) is 17.1. The van der Waals surface area contributed by atoms with Gasteiger partial charge in [0.05, 0.1) is 10.9 Å². The maximum atomic E-state index is 12.3. The summed E-state index contributed by atoms with van der Waals surface area (Å²) in [4.78, 5) is 14.9. The number of hydrogen-bond acceptors (Lipinski definition) is 2. The summed E-state index contributed by atoms with van der Waals surface area (Å²) in [5, 5.41) is 0. The number of amides is 1. The topological polar surface area (TPSA) is 20.3 Å². The van der Waals surface area contributed by atoms with Gasteiger partial charge < -0.3 is 4.90 Å². The van der Waals surface area contributed by atoms with E-state index in [4.69, 9.17) is 11.6 Å². The van der Waals surface area contributed by atoms with Crippen molar-refractivity contribution in [2.75, 3.05) is 6.54 Å². The van der Waals surface area contributed by atoms with E-state index >= 15 is 0 Å². The summed E-state index contributed by atoms with van der Waals surface area (Å²) in [6.45, 7) is 2.89. The van der Waals surface area contributed by atoms with Crippen molar-refractivity contribution in [2.45, 2.75) is 25.8 Å². The Labute approximate surface area is 148 Å². The average Bonchev–Trinajstić information content (AvgIpc) is 2.92. The Bertz CT molecular complexity index is 787. The molecule has 0 radical (unpaired) electrons. The van der Waals surface area contributed by atoms with Crippen LogP contribution in [0.2, 0.25) is 4.34 Å². The predicted molar refractivity (Wildman–Crippen MR) is 92.9 cm³/mol. The standard InChI is InChI=1S/C18H16ClF2NOS/c1-11-4-2-3-5-12(11)14-9-22(18(23)7-6-17(20)21)10-15-13(14)8-16(19)24-15/h2-8,14,17H,9-10H2,1H3/b7-6+/t14-/m0/s1. The zero-order valence-electron chi connectivity index (χ0n) is 13.0. The summed E-state index contributed by atoms with van der Waals surface area (Å²) in [5.41, 5.74) is 3.39. The molecular weight excluding hydrogens is 352 g/mol. The Hall–Kier alpha value is -1.72. The van der Waals surface area contributed by atoms with Crippen LogP contribution in [0.25, 0.3) is 0 Å². The van der Waals surface area contributed by atoms with Crippen LogP contribution < -0.4 is 0 Å². The van der Waals surface area contributed by atoms with Gasteiger partial charge in [-0.2, -0.15) is 0 Å². The van der Waals surface area contributed by atoms with Crippen molar-refractivity contribution in [3.8, 4) is 0 Å². The predicted octanol–water partition coefficient (Wildman–Crippen LogP) is 5.01. The molecule has 0 saturated heterocycles. The third kappa shape index (κ3) is 3.52. The number of alkyl halides is 2. The van der Waals surface area contributed by atoms with Gasteiger partial charge >= 0.3 is 0 Å². The second-order valence-electron chi connectivity index (χ2n) is 5.75. The van der Waals surface area contributed by atoms with Crippen LogP contribution in [-0.4, -0.2) is 23.8 Å². The summed E-state index contributed by atoms with van der Waals surface area (Å²) in [5.74, 6) is -0.397. The highest BCUT2D eigenvalue weighted by Gasteiger charge is 2.31. The highest BCUT2D eigenvalue weighted by molar-refractivity contribution is 7.16. The number of rotatable bonds is 3. The summed E-state index contributed by atoms with van der Waals surface area (Å²) in [7, 11) is 0. The molecule has 0 N–H and O–H groups in total. The van der Waals surface area contributed by atoms with Crippen molar-refractivity contribution in [1.29, 1.82) is 0 Å². The van der Waals surface area contributed by atoms with Crippen LogP contribution in [-0.2, 0) is 11.3 Å². The summed E-state index contributed by atoms with van der Waals surface area (Å²) in [6.07, 6.45) is -1.04. The van der Waals surface area contributed by atoms with Crippen LogP contribution in [0.3, 0.4) is 0 Å². The van der Waals surface area contributed by atoms with Gasteiger partial charge in [-0.25, -0.2) is 8.78 Å². The second kappa shape index (κ2) is 7.03. The van der Waals surface area contributed by atoms with E-state index < -0.39 is 12.3 Å². The van der Waals surface area contributed by atoms with Gasteiger partial charge in [0.15, 0.2) is 0 Å². The van der Waals surface area contributed by atoms with E-state index in [0.29, 0.717) is 23.5 Å². The quantitative estimate of drug-likeness (QED) is 0.699. The number of thiophene rings is 1. The van der Waals surface area contributed by atoms with Gasteiger partial charge in [0.1, 0.15) is 0 Å². The molecule has 0 spiro atoms. The smallest absolute Gasteiger partial charge is 0.257 e. The van der Waals surface area contributed by atoms with E-state index in [1.54, 1.807) is 4.90 Å². The minimum absolute atomic E-state index is 0.00241. The molecule has 1 atom stereocenters. The van der Waals surface area contributed by atoms with Gasteiger partial charge in [-0.05, 0) is 35.8 Å². The molecular formula is C18H16ClF2NOS. The fourth-order valence-corrected chi connectivity index (χ4v) is 4.41. The molecule has 2 nitrogen and oxygen atoms in total. The van der Waals surface area contributed by atoms with Crippen LogP contribution >= 0.6 is 22.9 Å². The number of fused-ring (bicyclic) bond motifs is 1. The molecule has 0 fully saturated rings. The molecule has 24 heavy (non-hydrogen) atoms. The average molecular weight is 368 g/mol. The minimum Gasteiger partial charge on any atom is -0.333 e. The maximum Gasteiger partial charge on any atom is 0.257 e. The molecule has 2 aromatic rings. The normalized spacial score (nSPS) is 17.5. The van der Waals surface area contributed by atoms with Gasteiger partial charge in [-0.1, -0.05) is 35.9 Å². The monoisotopic (exact) mass is 367 g/mol. The van der Waals surface area contributed by atoms with Gasteiger partial charge in [0.2, 0.25) is 5.91 Å².